The fourth-order valence-electron chi connectivity index (χ4n) is 2.35. The molecule has 7 heteroatoms. The van der Waals surface area contributed by atoms with Crippen LogP contribution in [0, 0.1) is 0 Å². The molecule has 6 nitrogen and oxygen atoms in total. The summed E-state index contributed by atoms with van der Waals surface area (Å²) in [6, 6.07) is 6.22. The number of rotatable bonds is 5. The summed E-state index contributed by atoms with van der Waals surface area (Å²) >= 11 is 0. The van der Waals surface area contributed by atoms with Crippen molar-refractivity contribution in [3.63, 3.8) is 0 Å². The molecule has 1 aliphatic heterocycles. The number of unbranched alkanes of at least 4 members (excludes halogenated alkanes) is 1. The van der Waals surface area contributed by atoms with Crippen molar-refractivity contribution in [1.82, 2.24) is 4.90 Å². The zero-order valence-electron chi connectivity index (χ0n) is 12.8. The zero-order chi connectivity index (χ0) is 16.3. The summed E-state index contributed by atoms with van der Waals surface area (Å²) in [5.41, 5.74) is 0.614. The van der Waals surface area contributed by atoms with E-state index in [1.807, 2.05) is 6.92 Å². The second-order valence-corrected chi connectivity index (χ2v) is 7.29. The Morgan fingerprint density at radius 1 is 1.36 bits per heavy atom. The smallest absolute Gasteiger partial charge is 0.253 e. The van der Waals surface area contributed by atoms with Gasteiger partial charge in [-0.3, -0.25) is 9.59 Å². The molecule has 120 valence electrons. The standard InChI is InChI=1S/C15H20N2O4S/c1-3-4-9-16(2)15(19)12-6-5-7-13(11-12)17-14(18)8-10-22(17,20)21/h5-7,11H,3-4,8-10H2,1-2H3. The van der Waals surface area contributed by atoms with E-state index in [4.69, 9.17) is 0 Å². The quantitative estimate of drug-likeness (QED) is 0.825. The van der Waals surface area contributed by atoms with Gasteiger partial charge in [0.25, 0.3) is 5.91 Å². The predicted molar refractivity (Wildman–Crippen MR) is 84.2 cm³/mol. The maximum absolute atomic E-state index is 12.3. The van der Waals surface area contributed by atoms with Gasteiger partial charge in [-0.25, -0.2) is 12.7 Å². The summed E-state index contributed by atoms with van der Waals surface area (Å²) < 4.78 is 24.7. The molecule has 1 fully saturated rings. The lowest BCUT2D eigenvalue weighted by Gasteiger charge is -2.19. The van der Waals surface area contributed by atoms with Crippen LogP contribution in [0.2, 0.25) is 0 Å². The molecule has 2 amide bonds. The Labute approximate surface area is 130 Å². The highest BCUT2D eigenvalue weighted by Gasteiger charge is 2.36. The van der Waals surface area contributed by atoms with Crippen LogP contribution in [0.4, 0.5) is 5.69 Å². The van der Waals surface area contributed by atoms with E-state index in [0.29, 0.717) is 12.1 Å². The Bertz CT molecular complexity index is 685. The first-order chi connectivity index (χ1) is 10.4. The number of hydrogen-bond donors (Lipinski definition) is 0. The summed E-state index contributed by atoms with van der Waals surface area (Å²) in [4.78, 5) is 25.7. The molecular weight excluding hydrogens is 304 g/mol. The SMILES string of the molecule is CCCCN(C)C(=O)c1cccc(N2C(=O)CCS2(=O)=O)c1. The van der Waals surface area contributed by atoms with E-state index >= 15 is 0 Å². The molecule has 0 spiro atoms. The second kappa shape index (κ2) is 6.48. The number of benzene rings is 1. The van der Waals surface area contributed by atoms with Gasteiger partial charge >= 0.3 is 0 Å². The van der Waals surface area contributed by atoms with Crippen molar-refractivity contribution in [2.45, 2.75) is 26.2 Å². The van der Waals surface area contributed by atoms with Crippen LogP contribution >= 0.6 is 0 Å². The Balaban J connectivity index is 2.27. The van der Waals surface area contributed by atoms with Crippen molar-refractivity contribution >= 4 is 27.5 Å². The van der Waals surface area contributed by atoms with Crippen molar-refractivity contribution in [3.05, 3.63) is 29.8 Å². The Hall–Kier alpha value is -1.89. The summed E-state index contributed by atoms with van der Waals surface area (Å²) in [6.45, 7) is 2.68. The molecule has 0 saturated carbocycles. The summed E-state index contributed by atoms with van der Waals surface area (Å²) in [5.74, 6) is -0.816. The van der Waals surface area contributed by atoms with Crippen LogP contribution in [0.25, 0.3) is 0 Å². The Morgan fingerprint density at radius 2 is 2.09 bits per heavy atom. The molecule has 1 aliphatic rings. The van der Waals surface area contributed by atoms with Crippen molar-refractivity contribution in [2.24, 2.45) is 0 Å². The van der Waals surface area contributed by atoms with Gasteiger partial charge in [-0.2, -0.15) is 0 Å². The van der Waals surface area contributed by atoms with Crippen LogP contribution < -0.4 is 4.31 Å². The third-order valence-corrected chi connectivity index (χ3v) is 5.29. The summed E-state index contributed by atoms with van der Waals surface area (Å²) in [6.07, 6.45) is 1.87. The van der Waals surface area contributed by atoms with Gasteiger partial charge in [0, 0.05) is 25.6 Å². The second-order valence-electron chi connectivity index (χ2n) is 5.35. The van der Waals surface area contributed by atoms with Crippen molar-refractivity contribution in [2.75, 3.05) is 23.7 Å². The average Bonchev–Trinajstić information content (AvgIpc) is 2.77. The third-order valence-electron chi connectivity index (χ3n) is 3.60. The van der Waals surface area contributed by atoms with E-state index in [1.54, 1.807) is 24.1 Å². The molecule has 1 saturated heterocycles. The molecule has 0 aliphatic carbocycles. The largest absolute Gasteiger partial charge is 0.342 e. The van der Waals surface area contributed by atoms with Crippen LogP contribution in [0.15, 0.2) is 24.3 Å². The lowest BCUT2D eigenvalue weighted by Crippen LogP contribution is -2.30. The van der Waals surface area contributed by atoms with Crippen LogP contribution in [0.1, 0.15) is 36.5 Å². The molecule has 0 aromatic heterocycles. The maximum atomic E-state index is 12.3. The van der Waals surface area contributed by atoms with Gasteiger partial charge in [0.1, 0.15) is 0 Å². The van der Waals surface area contributed by atoms with E-state index in [2.05, 4.69) is 0 Å². The molecule has 1 aromatic rings. The van der Waals surface area contributed by atoms with Crippen LogP contribution in [0.5, 0.6) is 0 Å². The minimum absolute atomic E-state index is 0.0170. The zero-order valence-corrected chi connectivity index (χ0v) is 13.6. The van der Waals surface area contributed by atoms with Gasteiger partial charge in [-0.1, -0.05) is 19.4 Å². The number of hydrogen-bond acceptors (Lipinski definition) is 4. The molecule has 0 N–H and O–H groups in total. The minimum Gasteiger partial charge on any atom is -0.342 e. The normalized spacial score (nSPS) is 16.8. The van der Waals surface area contributed by atoms with Gasteiger partial charge in [0.15, 0.2) is 0 Å². The first kappa shape index (κ1) is 16.5. The third kappa shape index (κ3) is 3.30. The number of nitrogens with zero attached hydrogens (tertiary/aromatic N) is 2. The van der Waals surface area contributed by atoms with Gasteiger partial charge in [0.05, 0.1) is 11.4 Å². The molecule has 0 unspecified atom stereocenters. The lowest BCUT2D eigenvalue weighted by molar-refractivity contribution is -0.116. The van der Waals surface area contributed by atoms with Gasteiger partial charge in [0.2, 0.25) is 15.9 Å². The van der Waals surface area contributed by atoms with Gasteiger partial charge < -0.3 is 4.90 Å². The van der Waals surface area contributed by atoms with E-state index < -0.39 is 15.9 Å². The number of carbonyl (C=O) groups excluding carboxylic acids is 2. The number of sulfonamides is 1. The highest BCUT2D eigenvalue weighted by molar-refractivity contribution is 7.94. The monoisotopic (exact) mass is 324 g/mol. The highest BCUT2D eigenvalue weighted by atomic mass is 32.2. The molecular formula is C15H20N2O4S. The predicted octanol–water partition coefficient (Wildman–Crippen LogP) is 1.63. The minimum atomic E-state index is -3.61. The number of anilines is 1. The van der Waals surface area contributed by atoms with E-state index in [1.165, 1.54) is 12.1 Å². The van der Waals surface area contributed by atoms with Gasteiger partial charge in [-0.05, 0) is 24.6 Å². The van der Waals surface area contributed by atoms with Crippen LogP contribution in [0.3, 0.4) is 0 Å². The fraction of sp³-hybridized carbons (Fsp3) is 0.467. The molecule has 0 bridgehead atoms. The van der Waals surface area contributed by atoms with E-state index in [9.17, 15) is 18.0 Å². The molecule has 2 rings (SSSR count). The molecule has 1 aromatic carbocycles. The van der Waals surface area contributed by atoms with Crippen molar-refractivity contribution in [3.8, 4) is 0 Å². The van der Waals surface area contributed by atoms with Crippen LogP contribution in [-0.2, 0) is 14.8 Å². The molecule has 0 radical (unpaired) electrons. The van der Waals surface area contributed by atoms with E-state index in [0.717, 1.165) is 17.1 Å². The Morgan fingerprint density at radius 3 is 2.68 bits per heavy atom. The first-order valence-corrected chi connectivity index (χ1v) is 8.89. The number of amides is 2. The van der Waals surface area contributed by atoms with Crippen LogP contribution in [-0.4, -0.2) is 44.5 Å². The highest BCUT2D eigenvalue weighted by Crippen LogP contribution is 2.26. The fourth-order valence-corrected chi connectivity index (χ4v) is 3.80. The lowest BCUT2D eigenvalue weighted by atomic mass is 10.1. The topological polar surface area (TPSA) is 74.8 Å². The van der Waals surface area contributed by atoms with Crippen molar-refractivity contribution in [1.29, 1.82) is 0 Å². The van der Waals surface area contributed by atoms with E-state index in [-0.39, 0.29) is 23.8 Å². The van der Waals surface area contributed by atoms with Gasteiger partial charge in [-0.15, -0.1) is 0 Å². The average molecular weight is 324 g/mol. The summed E-state index contributed by atoms with van der Waals surface area (Å²) in [7, 11) is -1.90. The molecule has 1 heterocycles. The first-order valence-electron chi connectivity index (χ1n) is 7.28. The molecule has 0 atom stereocenters. The molecule has 22 heavy (non-hydrogen) atoms. The Kier molecular flexibility index (Phi) is 4.85. The maximum Gasteiger partial charge on any atom is 0.253 e. The number of carbonyl (C=O) groups is 2. The summed E-state index contributed by atoms with van der Waals surface area (Å²) in [5, 5.41) is 0. The van der Waals surface area contributed by atoms with Crippen molar-refractivity contribution < 1.29 is 18.0 Å².